The summed E-state index contributed by atoms with van der Waals surface area (Å²) in [6.07, 6.45) is 1.26. The van der Waals surface area contributed by atoms with E-state index >= 15 is 0 Å². The first-order valence-corrected chi connectivity index (χ1v) is 9.37. The monoisotopic (exact) mass is 368 g/mol. The van der Waals surface area contributed by atoms with Crippen molar-refractivity contribution in [1.82, 2.24) is 0 Å². The number of hydrogen-bond donors (Lipinski definition) is 1. The zero-order chi connectivity index (χ0) is 19.6. The number of hydrogen-bond acceptors (Lipinski definition) is 4. The molecule has 0 atom stereocenters. The highest BCUT2D eigenvalue weighted by atomic mass is 16.5. The average Bonchev–Trinajstić information content (AvgIpc) is 2.68. The summed E-state index contributed by atoms with van der Waals surface area (Å²) < 4.78 is 5.53. The number of anilines is 2. The standard InChI is InChI=1S/C22H28N2O3/c1-4-24(5-2)20-12-10-19(11-13-20)23-22(26)16-27-21-14-8-18(9-15-21)7-6-17(3)25/h8-15H,4-7,16H2,1-3H3,(H,23,26). The van der Waals surface area contributed by atoms with Gasteiger partial charge in [-0.05, 0) is 69.2 Å². The Morgan fingerprint density at radius 1 is 0.963 bits per heavy atom. The number of nitrogens with zero attached hydrogens (tertiary/aromatic N) is 1. The van der Waals surface area contributed by atoms with Crippen molar-refractivity contribution in [3.63, 3.8) is 0 Å². The van der Waals surface area contributed by atoms with Crippen molar-refractivity contribution in [3.05, 3.63) is 54.1 Å². The van der Waals surface area contributed by atoms with Gasteiger partial charge in [0.15, 0.2) is 6.61 Å². The Balaban J connectivity index is 1.81. The molecule has 0 spiro atoms. The number of rotatable bonds is 10. The number of benzene rings is 2. The zero-order valence-corrected chi connectivity index (χ0v) is 16.3. The fourth-order valence-electron chi connectivity index (χ4n) is 2.76. The molecule has 0 aliphatic heterocycles. The lowest BCUT2D eigenvalue weighted by Gasteiger charge is -2.21. The molecule has 2 aromatic rings. The molecule has 0 bridgehead atoms. The molecule has 0 aliphatic rings. The van der Waals surface area contributed by atoms with Crippen LogP contribution in [0.25, 0.3) is 0 Å². The fourth-order valence-corrected chi connectivity index (χ4v) is 2.76. The van der Waals surface area contributed by atoms with Gasteiger partial charge in [-0.15, -0.1) is 0 Å². The third kappa shape index (κ3) is 6.77. The van der Waals surface area contributed by atoms with E-state index in [-0.39, 0.29) is 18.3 Å². The van der Waals surface area contributed by atoms with Crippen LogP contribution >= 0.6 is 0 Å². The maximum atomic E-state index is 12.1. The van der Waals surface area contributed by atoms with Crippen molar-refractivity contribution >= 4 is 23.1 Å². The van der Waals surface area contributed by atoms with Crippen molar-refractivity contribution in [3.8, 4) is 5.75 Å². The predicted octanol–water partition coefficient (Wildman–Crippen LogP) is 4.07. The summed E-state index contributed by atoms with van der Waals surface area (Å²) in [4.78, 5) is 25.3. The van der Waals surface area contributed by atoms with E-state index in [0.29, 0.717) is 12.2 Å². The van der Waals surface area contributed by atoms with Crippen molar-refractivity contribution in [1.29, 1.82) is 0 Å². The van der Waals surface area contributed by atoms with Crippen LogP contribution in [0.15, 0.2) is 48.5 Å². The van der Waals surface area contributed by atoms with Crippen molar-refractivity contribution in [2.75, 3.05) is 29.9 Å². The Morgan fingerprint density at radius 3 is 2.15 bits per heavy atom. The summed E-state index contributed by atoms with van der Waals surface area (Å²) in [5.74, 6) is 0.608. The molecule has 0 saturated heterocycles. The molecule has 0 radical (unpaired) electrons. The largest absolute Gasteiger partial charge is 0.484 e. The normalized spacial score (nSPS) is 10.3. The number of amides is 1. The summed E-state index contributed by atoms with van der Waals surface area (Å²) in [5.41, 5.74) is 2.97. The highest BCUT2D eigenvalue weighted by molar-refractivity contribution is 5.92. The summed E-state index contributed by atoms with van der Waals surface area (Å²) >= 11 is 0. The Bertz CT molecular complexity index is 735. The van der Waals surface area contributed by atoms with Gasteiger partial charge in [0.05, 0.1) is 0 Å². The number of ketones is 1. The predicted molar refractivity (Wildman–Crippen MR) is 110 cm³/mol. The number of Topliss-reactive ketones (excluding diaryl/α,β-unsaturated/α-hetero) is 1. The highest BCUT2D eigenvalue weighted by Crippen LogP contribution is 2.18. The van der Waals surface area contributed by atoms with E-state index in [4.69, 9.17) is 4.74 Å². The molecular weight excluding hydrogens is 340 g/mol. The Hall–Kier alpha value is -2.82. The molecular formula is C22H28N2O3. The molecule has 0 fully saturated rings. The average molecular weight is 368 g/mol. The number of carbonyl (C=O) groups excluding carboxylic acids is 2. The summed E-state index contributed by atoms with van der Waals surface area (Å²) in [5, 5.41) is 2.84. The van der Waals surface area contributed by atoms with Crippen molar-refractivity contribution in [2.45, 2.75) is 33.6 Å². The topological polar surface area (TPSA) is 58.6 Å². The SMILES string of the molecule is CCN(CC)c1ccc(NC(=O)COc2ccc(CCC(C)=O)cc2)cc1. The van der Waals surface area contributed by atoms with E-state index < -0.39 is 0 Å². The van der Waals surface area contributed by atoms with E-state index in [9.17, 15) is 9.59 Å². The van der Waals surface area contributed by atoms with Crippen LogP contribution < -0.4 is 15.0 Å². The lowest BCUT2D eigenvalue weighted by atomic mass is 10.1. The summed E-state index contributed by atoms with van der Waals surface area (Å²) in [6.45, 7) is 7.67. The van der Waals surface area contributed by atoms with Gasteiger partial charge in [0.1, 0.15) is 11.5 Å². The van der Waals surface area contributed by atoms with Gasteiger partial charge in [-0.3, -0.25) is 4.79 Å². The van der Waals surface area contributed by atoms with Gasteiger partial charge in [0, 0.05) is 30.9 Å². The highest BCUT2D eigenvalue weighted by Gasteiger charge is 2.06. The molecule has 27 heavy (non-hydrogen) atoms. The number of aryl methyl sites for hydroxylation is 1. The van der Waals surface area contributed by atoms with E-state index in [1.807, 2.05) is 48.5 Å². The lowest BCUT2D eigenvalue weighted by Crippen LogP contribution is -2.22. The van der Waals surface area contributed by atoms with E-state index in [1.54, 1.807) is 6.92 Å². The number of nitrogens with one attached hydrogen (secondary N) is 1. The molecule has 1 amide bonds. The molecule has 0 aliphatic carbocycles. The maximum absolute atomic E-state index is 12.1. The second kappa shape index (κ2) is 10.4. The first kappa shape index (κ1) is 20.5. The van der Waals surface area contributed by atoms with E-state index in [0.717, 1.165) is 36.4 Å². The molecule has 0 heterocycles. The van der Waals surface area contributed by atoms with Gasteiger partial charge < -0.3 is 19.7 Å². The second-order valence-corrected chi connectivity index (χ2v) is 6.40. The number of carbonyl (C=O) groups is 2. The molecule has 0 saturated carbocycles. The van der Waals surface area contributed by atoms with Crippen LogP contribution in [-0.4, -0.2) is 31.4 Å². The third-order valence-electron chi connectivity index (χ3n) is 4.34. The van der Waals surface area contributed by atoms with Crippen LogP contribution in [0.1, 0.15) is 32.8 Å². The fraction of sp³-hybridized carbons (Fsp3) is 0.364. The second-order valence-electron chi connectivity index (χ2n) is 6.40. The van der Waals surface area contributed by atoms with Gasteiger partial charge in [-0.2, -0.15) is 0 Å². The maximum Gasteiger partial charge on any atom is 0.262 e. The summed E-state index contributed by atoms with van der Waals surface area (Å²) in [7, 11) is 0. The Labute approximate surface area is 161 Å². The van der Waals surface area contributed by atoms with E-state index in [1.165, 1.54) is 0 Å². The van der Waals surface area contributed by atoms with Crippen LogP contribution in [0, 0.1) is 0 Å². The molecule has 5 heteroatoms. The van der Waals surface area contributed by atoms with Crippen LogP contribution in [-0.2, 0) is 16.0 Å². The molecule has 5 nitrogen and oxygen atoms in total. The molecule has 0 aromatic heterocycles. The quantitative estimate of drug-likeness (QED) is 0.687. The smallest absolute Gasteiger partial charge is 0.262 e. The first-order valence-electron chi connectivity index (χ1n) is 9.37. The summed E-state index contributed by atoms with van der Waals surface area (Å²) in [6, 6.07) is 15.3. The van der Waals surface area contributed by atoms with Crippen molar-refractivity contribution < 1.29 is 14.3 Å². The van der Waals surface area contributed by atoms with Gasteiger partial charge in [0.25, 0.3) is 5.91 Å². The van der Waals surface area contributed by atoms with Crippen LogP contribution in [0.2, 0.25) is 0 Å². The minimum atomic E-state index is -0.203. The lowest BCUT2D eigenvalue weighted by molar-refractivity contribution is -0.118. The van der Waals surface area contributed by atoms with Crippen LogP contribution in [0.3, 0.4) is 0 Å². The molecule has 2 rings (SSSR count). The minimum absolute atomic E-state index is 0.0510. The van der Waals surface area contributed by atoms with E-state index in [2.05, 4.69) is 24.1 Å². The molecule has 0 unspecified atom stereocenters. The Morgan fingerprint density at radius 2 is 1.59 bits per heavy atom. The van der Waals surface area contributed by atoms with Crippen molar-refractivity contribution in [2.24, 2.45) is 0 Å². The zero-order valence-electron chi connectivity index (χ0n) is 16.3. The third-order valence-corrected chi connectivity index (χ3v) is 4.34. The molecule has 2 aromatic carbocycles. The Kier molecular flexibility index (Phi) is 7.86. The van der Waals surface area contributed by atoms with Crippen LogP contribution in [0.4, 0.5) is 11.4 Å². The van der Waals surface area contributed by atoms with Gasteiger partial charge in [0.2, 0.25) is 0 Å². The van der Waals surface area contributed by atoms with Gasteiger partial charge in [-0.25, -0.2) is 0 Å². The molecule has 144 valence electrons. The molecule has 1 N–H and O–H groups in total. The van der Waals surface area contributed by atoms with Gasteiger partial charge in [-0.1, -0.05) is 12.1 Å². The number of ether oxygens (including phenoxy) is 1. The minimum Gasteiger partial charge on any atom is -0.484 e. The van der Waals surface area contributed by atoms with Crippen LogP contribution in [0.5, 0.6) is 5.75 Å². The van der Waals surface area contributed by atoms with Gasteiger partial charge >= 0.3 is 0 Å². The first-order chi connectivity index (χ1) is 13.0.